The number of ketones is 1. The minimum absolute atomic E-state index is 0.0944. The Balaban J connectivity index is 0.854. The van der Waals surface area contributed by atoms with Crippen LogP contribution < -0.4 is 0 Å². The number of carbonyl (C=O) groups excluding carboxylic acids is 1. The van der Waals surface area contributed by atoms with E-state index in [1.54, 1.807) is 0 Å². The molecule has 1 saturated carbocycles. The average Bonchev–Trinajstić information content (AvgIpc) is 3.61. The Kier molecular flexibility index (Phi) is 8.68. The Morgan fingerprint density at radius 2 is 1.77 bits per heavy atom. The van der Waals surface area contributed by atoms with Crippen LogP contribution in [-0.4, -0.2) is 71.3 Å². The first kappa shape index (κ1) is 29.1. The molecule has 6 nitrogen and oxygen atoms in total. The molecule has 44 heavy (non-hydrogen) atoms. The maximum atomic E-state index is 13.4. The van der Waals surface area contributed by atoms with Gasteiger partial charge in [0.1, 0.15) is 5.78 Å². The molecule has 0 spiro atoms. The molecule has 228 valence electrons. The van der Waals surface area contributed by atoms with E-state index >= 15 is 0 Å². The normalized spacial score (nSPS) is 24.9. The number of hydrogen-bond donors (Lipinski definition) is 1. The van der Waals surface area contributed by atoms with Crippen molar-refractivity contribution in [3.63, 3.8) is 0 Å². The SMILES string of the molecule is N#Cc1ccc2[nH]cc(CCCN3CCN(C4=CC5CC(CC6CCN(Cc7ccccc7)CC6)C(=O)C5C=C4)CC3)c2c1. The number of nitrogens with zero attached hydrogens (tertiary/aromatic N) is 4. The van der Waals surface area contributed by atoms with Crippen LogP contribution in [0.3, 0.4) is 0 Å². The molecule has 2 saturated heterocycles. The number of aromatic nitrogens is 1. The number of benzene rings is 2. The second kappa shape index (κ2) is 13.1. The lowest BCUT2D eigenvalue weighted by Crippen LogP contribution is -2.46. The van der Waals surface area contributed by atoms with E-state index in [-0.39, 0.29) is 11.8 Å². The van der Waals surface area contributed by atoms with Crippen molar-refractivity contribution in [2.75, 3.05) is 45.8 Å². The van der Waals surface area contributed by atoms with Crippen molar-refractivity contribution >= 4 is 16.7 Å². The number of carbonyl (C=O) groups is 1. The van der Waals surface area contributed by atoms with Crippen LogP contribution in [-0.2, 0) is 17.8 Å². The van der Waals surface area contributed by atoms with Crippen molar-refractivity contribution in [1.82, 2.24) is 19.7 Å². The Bertz CT molecular complexity index is 1550. The maximum absolute atomic E-state index is 13.4. The fraction of sp³-hybridized carbons (Fsp3) is 0.474. The number of piperazine rings is 1. The van der Waals surface area contributed by atoms with Gasteiger partial charge in [-0.15, -0.1) is 0 Å². The second-order valence-corrected chi connectivity index (χ2v) is 13.5. The number of nitrogens with one attached hydrogen (secondary N) is 1. The molecule has 7 rings (SSSR count). The minimum atomic E-state index is 0.0944. The van der Waals surface area contributed by atoms with E-state index in [0.717, 1.165) is 89.1 Å². The van der Waals surface area contributed by atoms with Gasteiger partial charge in [0.25, 0.3) is 0 Å². The van der Waals surface area contributed by atoms with Gasteiger partial charge < -0.3 is 9.88 Å². The number of Topliss-reactive ketones (excluding diaryl/α,β-unsaturated/α-hetero) is 1. The van der Waals surface area contributed by atoms with Gasteiger partial charge in [-0.3, -0.25) is 14.6 Å². The molecule has 6 heteroatoms. The fourth-order valence-electron chi connectivity index (χ4n) is 8.19. The number of aromatic amines is 1. The zero-order valence-corrected chi connectivity index (χ0v) is 25.8. The highest BCUT2D eigenvalue weighted by molar-refractivity contribution is 5.88. The van der Waals surface area contributed by atoms with Crippen molar-refractivity contribution in [3.8, 4) is 6.07 Å². The number of hydrogen-bond acceptors (Lipinski definition) is 5. The van der Waals surface area contributed by atoms with Crippen LogP contribution in [0.5, 0.6) is 0 Å². The van der Waals surface area contributed by atoms with Crippen LogP contribution in [0.25, 0.3) is 10.9 Å². The monoisotopic (exact) mass is 587 g/mol. The summed E-state index contributed by atoms with van der Waals surface area (Å²) in [6, 6.07) is 18.9. The van der Waals surface area contributed by atoms with Crippen LogP contribution >= 0.6 is 0 Å². The lowest BCUT2D eigenvalue weighted by molar-refractivity contribution is -0.123. The molecule has 2 aliphatic carbocycles. The quantitative estimate of drug-likeness (QED) is 0.325. The van der Waals surface area contributed by atoms with Gasteiger partial charge in [-0.1, -0.05) is 42.5 Å². The van der Waals surface area contributed by atoms with E-state index in [1.807, 2.05) is 18.2 Å². The molecule has 3 unspecified atom stereocenters. The van der Waals surface area contributed by atoms with E-state index in [1.165, 1.54) is 35.1 Å². The number of likely N-dealkylation sites (tertiary alicyclic amines) is 1. The van der Waals surface area contributed by atoms with Crippen molar-refractivity contribution in [1.29, 1.82) is 5.26 Å². The fourth-order valence-corrected chi connectivity index (χ4v) is 8.19. The van der Waals surface area contributed by atoms with Crippen LogP contribution in [0.1, 0.15) is 48.8 Å². The molecule has 4 aliphatic rings. The molecule has 1 aromatic heterocycles. The molecule has 3 aromatic rings. The smallest absolute Gasteiger partial charge is 0.143 e. The van der Waals surface area contributed by atoms with Gasteiger partial charge in [0.05, 0.1) is 11.6 Å². The highest BCUT2D eigenvalue weighted by Crippen LogP contribution is 2.42. The van der Waals surface area contributed by atoms with Crippen molar-refractivity contribution < 1.29 is 4.79 Å². The first-order valence-corrected chi connectivity index (χ1v) is 16.8. The number of nitriles is 1. The number of rotatable bonds is 9. The van der Waals surface area contributed by atoms with Crippen LogP contribution in [0, 0.1) is 35.0 Å². The topological polar surface area (TPSA) is 66.4 Å². The molecule has 1 N–H and O–H groups in total. The van der Waals surface area contributed by atoms with Gasteiger partial charge >= 0.3 is 0 Å². The van der Waals surface area contributed by atoms with E-state index in [0.29, 0.717) is 17.6 Å². The lowest BCUT2D eigenvalue weighted by atomic mass is 9.85. The standard InChI is InChI=1S/C38H45N5O/c39-25-30-8-11-37-36(22-30)31(26-40-37)7-4-14-41-17-19-43(20-18-41)34-9-10-35-32(24-34)23-33(38(35)44)21-28-12-15-42(16-13-28)27-29-5-2-1-3-6-29/h1-3,5-6,8-11,22,24,26,28,32-33,35,40H,4,7,12-21,23,27H2. The first-order chi connectivity index (χ1) is 21.6. The zero-order chi connectivity index (χ0) is 29.9. The van der Waals surface area contributed by atoms with E-state index in [4.69, 9.17) is 0 Å². The van der Waals surface area contributed by atoms with Crippen LogP contribution in [0.4, 0.5) is 0 Å². The zero-order valence-electron chi connectivity index (χ0n) is 25.8. The molecule has 0 amide bonds. The van der Waals surface area contributed by atoms with Gasteiger partial charge in [-0.05, 0) is 105 Å². The molecule has 3 heterocycles. The summed E-state index contributed by atoms with van der Waals surface area (Å²) in [5.74, 6) is 1.88. The number of H-pyrrole nitrogens is 1. The lowest BCUT2D eigenvalue weighted by Gasteiger charge is -2.38. The van der Waals surface area contributed by atoms with Gasteiger partial charge in [0.2, 0.25) is 0 Å². The molecular weight excluding hydrogens is 542 g/mol. The maximum Gasteiger partial charge on any atom is 0.143 e. The third-order valence-electron chi connectivity index (χ3n) is 10.7. The van der Waals surface area contributed by atoms with Crippen LogP contribution in [0.15, 0.2) is 78.7 Å². The molecule has 3 atom stereocenters. The highest BCUT2D eigenvalue weighted by atomic mass is 16.1. The summed E-state index contributed by atoms with van der Waals surface area (Å²) in [4.78, 5) is 24.5. The van der Waals surface area contributed by atoms with Gasteiger partial charge in [-0.2, -0.15) is 5.26 Å². The summed E-state index contributed by atoms with van der Waals surface area (Å²) < 4.78 is 0. The molecule has 3 fully saturated rings. The Morgan fingerprint density at radius 3 is 2.57 bits per heavy atom. The van der Waals surface area contributed by atoms with E-state index in [9.17, 15) is 10.1 Å². The van der Waals surface area contributed by atoms with Crippen LogP contribution in [0.2, 0.25) is 0 Å². The second-order valence-electron chi connectivity index (χ2n) is 13.5. The summed E-state index contributed by atoms with van der Waals surface area (Å²) in [6.45, 7) is 8.69. The Hall–Kier alpha value is -3.66. The summed E-state index contributed by atoms with van der Waals surface area (Å²) in [7, 11) is 0. The largest absolute Gasteiger partial charge is 0.369 e. The number of allylic oxidation sites excluding steroid dienone is 3. The third-order valence-corrected chi connectivity index (χ3v) is 10.7. The average molecular weight is 588 g/mol. The molecule has 0 radical (unpaired) electrons. The number of piperidine rings is 1. The van der Waals surface area contributed by atoms with Gasteiger partial charge in [0, 0.05) is 67.4 Å². The Labute approximate surface area is 262 Å². The van der Waals surface area contributed by atoms with Crippen molar-refractivity contribution in [3.05, 3.63) is 95.3 Å². The van der Waals surface area contributed by atoms with E-state index < -0.39 is 0 Å². The predicted octanol–water partition coefficient (Wildman–Crippen LogP) is 6.17. The predicted molar refractivity (Wildman–Crippen MR) is 176 cm³/mol. The molecule has 2 aromatic carbocycles. The summed E-state index contributed by atoms with van der Waals surface area (Å²) in [5.41, 5.74) is 5.87. The van der Waals surface area contributed by atoms with Crippen molar-refractivity contribution in [2.24, 2.45) is 23.7 Å². The number of aryl methyl sites for hydroxylation is 1. The summed E-state index contributed by atoms with van der Waals surface area (Å²) in [5, 5.41) is 10.4. The van der Waals surface area contributed by atoms with Crippen molar-refractivity contribution in [2.45, 2.75) is 45.1 Å². The Morgan fingerprint density at radius 1 is 0.955 bits per heavy atom. The third kappa shape index (κ3) is 6.41. The van der Waals surface area contributed by atoms with E-state index in [2.05, 4.69) is 80.5 Å². The molecule has 2 aliphatic heterocycles. The summed E-state index contributed by atoms with van der Waals surface area (Å²) >= 11 is 0. The summed E-state index contributed by atoms with van der Waals surface area (Å²) in [6.07, 6.45) is 15.7. The highest BCUT2D eigenvalue weighted by Gasteiger charge is 2.42. The van der Waals surface area contributed by atoms with Gasteiger partial charge in [-0.25, -0.2) is 0 Å². The minimum Gasteiger partial charge on any atom is -0.369 e. The molecular formula is C38H45N5O. The van der Waals surface area contributed by atoms with Gasteiger partial charge in [0.15, 0.2) is 0 Å². The molecule has 0 bridgehead atoms. The first-order valence-electron chi connectivity index (χ1n) is 16.8. The number of fused-ring (bicyclic) bond motifs is 2.